The smallest absolute Gasteiger partial charge is 0.166 e. The van der Waals surface area contributed by atoms with Crippen LogP contribution in [0.5, 0.6) is 5.75 Å². The molecule has 3 N–H and O–H groups in total. The highest BCUT2D eigenvalue weighted by Crippen LogP contribution is 2.41. The SMILES string of the molecule is C[C@H](Oc1cc(-c2cc3n(n2)CCC32CCNC2)cnc1N)c1cccnc1. The lowest BCUT2D eigenvalue weighted by Crippen LogP contribution is -2.25. The molecule has 2 atom stereocenters. The Hall–Kier alpha value is -2.93. The van der Waals surface area contributed by atoms with Crippen molar-refractivity contribution in [3.8, 4) is 17.0 Å². The Bertz CT molecular complexity index is 993. The number of rotatable bonds is 4. The van der Waals surface area contributed by atoms with Gasteiger partial charge in [0.2, 0.25) is 0 Å². The van der Waals surface area contributed by atoms with Crippen molar-refractivity contribution in [3.63, 3.8) is 0 Å². The molecule has 1 spiro atoms. The van der Waals surface area contributed by atoms with Gasteiger partial charge in [0, 0.05) is 53.9 Å². The van der Waals surface area contributed by atoms with E-state index in [-0.39, 0.29) is 11.5 Å². The van der Waals surface area contributed by atoms with Crippen LogP contribution in [0.3, 0.4) is 0 Å². The third-order valence-electron chi connectivity index (χ3n) is 6.00. The number of anilines is 1. The first-order chi connectivity index (χ1) is 13.6. The Morgan fingerprint density at radius 2 is 2.21 bits per heavy atom. The number of fused-ring (bicyclic) bond motifs is 2. The zero-order valence-corrected chi connectivity index (χ0v) is 15.9. The summed E-state index contributed by atoms with van der Waals surface area (Å²) in [5, 5.41) is 8.33. The Morgan fingerprint density at radius 1 is 1.29 bits per heavy atom. The van der Waals surface area contributed by atoms with Crippen molar-refractivity contribution in [3.05, 3.63) is 54.1 Å². The molecular formula is C21H24N6O. The van der Waals surface area contributed by atoms with Crippen molar-refractivity contribution in [2.45, 2.75) is 37.8 Å². The molecule has 1 fully saturated rings. The lowest BCUT2D eigenvalue weighted by Gasteiger charge is -2.20. The first-order valence-electron chi connectivity index (χ1n) is 9.76. The molecule has 3 aromatic heterocycles. The van der Waals surface area contributed by atoms with Crippen molar-refractivity contribution >= 4 is 5.82 Å². The van der Waals surface area contributed by atoms with E-state index in [0.717, 1.165) is 36.5 Å². The summed E-state index contributed by atoms with van der Waals surface area (Å²) in [7, 11) is 0. The average Bonchev–Trinajstić information content (AvgIpc) is 3.43. The molecule has 0 radical (unpaired) electrons. The summed E-state index contributed by atoms with van der Waals surface area (Å²) >= 11 is 0. The maximum atomic E-state index is 6.09. The van der Waals surface area contributed by atoms with E-state index in [9.17, 15) is 0 Å². The van der Waals surface area contributed by atoms with Crippen molar-refractivity contribution in [2.24, 2.45) is 0 Å². The standard InChI is InChI=1S/C21H24N6O/c1-14(15-3-2-6-23-11-15)28-18-9-16(12-25-20(18)22)17-10-19-21(4-7-24-13-21)5-8-27(19)26-17/h2-3,6,9-12,14,24H,4-5,7-8,13H2,1H3,(H2,22,25)/t14-,21?/m0/s1. The largest absolute Gasteiger partial charge is 0.482 e. The van der Waals surface area contributed by atoms with Crippen LogP contribution in [-0.4, -0.2) is 32.8 Å². The van der Waals surface area contributed by atoms with Crippen LogP contribution in [0.1, 0.15) is 37.1 Å². The van der Waals surface area contributed by atoms with Gasteiger partial charge in [-0.1, -0.05) is 6.07 Å². The average molecular weight is 376 g/mol. The summed E-state index contributed by atoms with van der Waals surface area (Å²) in [6.45, 7) is 5.06. The molecule has 1 saturated heterocycles. The van der Waals surface area contributed by atoms with E-state index in [1.54, 1.807) is 18.6 Å². The van der Waals surface area contributed by atoms with Crippen molar-refractivity contribution in [1.82, 2.24) is 25.1 Å². The van der Waals surface area contributed by atoms with E-state index in [4.69, 9.17) is 15.6 Å². The third kappa shape index (κ3) is 2.82. The second kappa shape index (κ2) is 6.60. The van der Waals surface area contributed by atoms with E-state index >= 15 is 0 Å². The lowest BCUT2D eigenvalue weighted by atomic mass is 9.82. The van der Waals surface area contributed by atoms with Gasteiger partial charge in [0.15, 0.2) is 11.6 Å². The van der Waals surface area contributed by atoms with Gasteiger partial charge in [0.05, 0.1) is 5.69 Å². The molecule has 0 aliphatic carbocycles. The van der Waals surface area contributed by atoms with E-state index in [1.807, 2.05) is 25.1 Å². The monoisotopic (exact) mass is 376 g/mol. The molecule has 0 aromatic carbocycles. The van der Waals surface area contributed by atoms with Crippen LogP contribution < -0.4 is 15.8 Å². The van der Waals surface area contributed by atoms with Crippen LogP contribution in [0, 0.1) is 0 Å². The number of pyridine rings is 2. The number of ether oxygens (including phenoxy) is 1. The Balaban J connectivity index is 1.44. The zero-order chi connectivity index (χ0) is 19.1. The fraction of sp³-hybridized carbons (Fsp3) is 0.381. The highest BCUT2D eigenvalue weighted by Gasteiger charge is 2.42. The molecule has 2 aliphatic rings. The van der Waals surface area contributed by atoms with E-state index < -0.39 is 0 Å². The van der Waals surface area contributed by atoms with E-state index in [2.05, 4.69) is 26.0 Å². The number of nitrogens with zero attached hydrogens (tertiary/aromatic N) is 4. The molecule has 3 aromatic rings. The van der Waals surface area contributed by atoms with Gasteiger partial charge in [-0.2, -0.15) is 5.10 Å². The van der Waals surface area contributed by atoms with Crippen molar-refractivity contribution in [2.75, 3.05) is 18.8 Å². The summed E-state index contributed by atoms with van der Waals surface area (Å²) < 4.78 is 8.24. The summed E-state index contributed by atoms with van der Waals surface area (Å²) in [5.74, 6) is 0.946. The lowest BCUT2D eigenvalue weighted by molar-refractivity contribution is 0.227. The van der Waals surface area contributed by atoms with Gasteiger partial charge in [-0.15, -0.1) is 0 Å². The number of hydrogen-bond acceptors (Lipinski definition) is 6. The molecule has 7 heteroatoms. The van der Waals surface area contributed by atoms with Crippen LogP contribution >= 0.6 is 0 Å². The van der Waals surface area contributed by atoms with Crippen molar-refractivity contribution < 1.29 is 4.74 Å². The maximum absolute atomic E-state index is 6.09. The van der Waals surface area contributed by atoms with Gasteiger partial charge >= 0.3 is 0 Å². The third-order valence-corrected chi connectivity index (χ3v) is 6.00. The summed E-state index contributed by atoms with van der Waals surface area (Å²) in [6, 6.07) is 8.03. The molecule has 2 aliphatic heterocycles. The molecule has 5 heterocycles. The molecule has 0 bridgehead atoms. The Labute approximate surface area is 164 Å². The molecule has 0 amide bonds. The number of nitrogens with one attached hydrogen (secondary N) is 1. The number of aromatic nitrogens is 4. The topological polar surface area (TPSA) is 90.9 Å². The minimum absolute atomic E-state index is 0.173. The van der Waals surface area contributed by atoms with E-state index in [0.29, 0.717) is 11.6 Å². The van der Waals surface area contributed by atoms with Gasteiger partial charge in [-0.25, -0.2) is 4.98 Å². The van der Waals surface area contributed by atoms with Crippen molar-refractivity contribution in [1.29, 1.82) is 0 Å². The zero-order valence-electron chi connectivity index (χ0n) is 15.9. The molecule has 0 saturated carbocycles. The summed E-state index contributed by atoms with van der Waals surface area (Å²) in [6.07, 6.45) is 7.49. The van der Waals surface area contributed by atoms with Gasteiger partial charge < -0.3 is 15.8 Å². The van der Waals surface area contributed by atoms with Gasteiger partial charge in [-0.3, -0.25) is 9.67 Å². The van der Waals surface area contributed by atoms with E-state index in [1.165, 1.54) is 18.5 Å². The van der Waals surface area contributed by atoms with Crippen LogP contribution in [-0.2, 0) is 12.0 Å². The fourth-order valence-corrected chi connectivity index (χ4v) is 4.34. The van der Waals surface area contributed by atoms with Gasteiger partial charge in [0.25, 0.3) is 0 Å². The molecule has 144 valence electrons. The fourth-order valence-electron chi connectivity index (χ4n) is 4.34. The van der Waals surface area contributed by atoms with Gasteiger partial charge in [-0.05, 0) is 44.5 Å². The number of hydrogen-bond donors (Lipinski definition) is 2. The van der Waals surface area contributed by atoms with Crippen LogP contribution in [0.2, 0.25) is 0 Å². The summed E-state index contributed by atoms with van der Waals surface area (Å²) in [5.41, 5.74) is 10.5. The maximum Gasteiger partial charge on any atom is 0.166 e. The van der Waals surface area contributed by atoms with Crippen LogP contribution in [0.25, 0.3) is 11.3 Å². The first-order valence-corrected chi connectivity index (χ1v) is 9.76. The molecule has 28 heavy (non-hydrogen) atoms. The molecule has 5 rings (SSSR count). The second-order valence-electron chi connectivity index (χ2n) is 7.75. The predicted octanol–water partition coefficient (Wildman–Crippen LogP) is 2.70. The minimum Gasteiger partial charge on any atom is -0.482 e. The molecule has 1 unspecified atom stereocenters. The molecular weight excluding hydrogens is 352 g/mol. The normalized spacial score (nSPS) is 21.8. The van der Waals surface area contributed by atoms with Crippen LogP contribution in [0.15, 0.2) is 42.9 Å². The predicted molar refractivity (Wildman–Crippen MR) is 107 cm³/mol. The van der Waals surface area contributed by atoms with Crippen LogP contribution in [0.4, 0.5) is 5.82 Å². The highest BCUT2D eigenvalue weighted by molar-refractivity contribution is 5.64. The minimum atomic E-state index is -0.173. The summed E-state index contributed by atoms with van der Waals surface area (Å²) in [4.78, 5) is 8.50. The quantitative estimate of drug-likeness (QED) is 0.728. The number of nitrogens with two attached hydrogens (primary N) is 1. The number of aryl methyl sites for hydroxylation is 1. The second-order valence-corrected chi connectivity index (χ2v) is 7.75. The Kier molecular flexibility index (Phi) is 4.05. The van der Waals surface area contributed by atoms with Gasteiger partial charge in [0.1, 0.15) is 6.10 Å². The number of nitrogen functional groups attached to an aromatic ring is 1. The highest BCUT2D eigenvalue weighted by atomic mass is 16.5. The molecule has 7 nitrogen and oxygen atoms in total. The first kappa shape index (κ1) is 17.2. The Morgan fingerprint density at radius 3 is 3.00 bits per heavy atom.